The monoisotopic (exact) mass is 506 g/mol. The van der Waals surface area contributed by atoms with Gasteiger partial charge in [-0.05, 0) is 42.8 Å². The van der Waals surface area contributed by atoms with E-state index >= 15 is 0 Å². The second-order valence-electron chi connectivity index (χ2n) is 7.03. The van der Waals surface area contributed by atoms with E-state index < -0.39 is 0 Å². The van der Waals surface area contributed by atoms with Gasteiger partial charge in [-0.1, -0.05) is 42.2 Å². The summed E-state index contributed by atoms with van der Waals surface area (Å²) in [5.41, 5.74) is 3.85. The van der Waals surface area contributed by atoms with Gasteiger partial charge in [0.1, 0.15) is 5.52 Å². The molecule has 1 aliphatic rings. The zero-order chi connectivity index (χ0) is 16.1. The van der Waals surface area contributed by atoms with Crippen molar-refractivity contribution in [2.75, 3.05) is 0 Å². The van der Waals surface area contributed by atoms with Crippen LogP contribution in [0.2, 0.25) is 0 Å². The number of fused-ring (bicyclic) bond motifs is 6. The molecule has 1 fully saturated rings. The van der Waals surface area contributed by atoms with Gasteiger partial charge in [-0.2, -0.15) is 0 Å². The van der Waals surface area contributed by atoms with Crippen LogP contribution in [0.4, 0.5) is 0 Å². The number of imidazole rings is 1. The van der Waals surface area contributed by atoms with E-state index in [1.165, 1.54) is 54.0 Å². The summed E-state index contributed by atoms with van der Waals surface area (Å²) in [6, 6.07) is 16.8. The number of benzene rings is 2. The Morgan fingerprint density at radius 1 is 1.08 bits per heavy atom. The van der Waals surface area contributed by atoms with E-state index in [-0.39, 0.29) is 20.1 Å². The standard InChI is InChI=1S/C22H21N2.Ir/c1-23-13-14-24-21-12-11-17(16-7-3-2-4-8-16)15-20(21)18-9-5-6-10-19(18)22(23)24;/h5-6,9,11-16H,1-4,7-8H2;/q-1;. The van der Waals surface area contributed by atoms with Gasteiger partial charge in [0, 0.05) is 26.3 Å². The van der Waals surface area contributed by atoms with Gasteiger partial charge < -0.3 is 4.57 Å². The number of pyridine rings is 1. The van der Waals surface area contributed by atoms with Crippen molar-refractivity contribution in [1.82, 2.24) is 4.40 Å². The van der Waals surface area contributed by atoms with Crippen LogP contribution in [0.1, 0.15) is 43.6 Å². The van der Waals surface area contributed by atoms with Crippen LogP contribution in [-0.2, 0) is 20.1 Å². The van der Waals surface area contributed by atoms with Gasteiger partial charge in [-0.15, -0.1) is 24.3 Å². The first-order valence-electron chi connectivity index (χ1n) is 8.92. The molecule has 5 rings (SSSR count). The van der Waals surface area contributed by atoms with Crippen molar-refractivity contribution in [1.29, 1.82) is 0 Å². The molecule has 129 valence electrons. The zero-order valence-corrected chi connectivity index (χ0v) is 16.6. The van der Waals surface area contributed by atoms with E-state index in [1.807, 2.05) is 16.8 Å². The molecule has 2 nitrogen and oxygen atoms in total. The third-order valence-corrected chi connectivity index (χ3v) is 5.62. The Morgan fingerprint density at radius 2 is 1.92 bits per heavy atom. The molecule has 0 aliphatic heterocycles. The second kappa shape index (κ2) is 6.48. The Morgan fingerprint density at radius 3 is 2.76 bits per heavy atom. The van der Waals surface area contributed by atoms with Crippen LogP contribution in [0.25, 0.3) is 27.3 Å². The maximum absolute atomic E-state index is 4.13. The minimum atomic E-state index is 0. The average molecular weight is 506 g/mol. The van der Waals surface area contributed by atoms with Crippen LogP contribution in [0.3, 0.4) is 0 Å². The number of hydrogen-bond acceptors (Lipinski definition) is 0. The van der Waals surface area contributed by atoms with Crippen LogP contribution in [0.15, 0.2) is 48.8 Å². The Kier molecular flexibility index (Phi) is 4.31. The van der Waals surface area contributed by atoms with Gasteiger partial charge in [0.2, 0.25) is 0 Å². The van der Waals surface area contributed by atoms with Crippen molar-refractivity contribution in [3.8, 4) is 0 Å². The fourth-order valence-electron chi connectivity index (χ4n) is 4.40. The molecule has 0 unspecified atom stereocenters. The molecular weight excluding hydrogens is 484 g/mol. The maximum atomic E-state index is 4.13. The van der Waals surface area contributed by atoms with Crippen molar-refractivity contribution in [3.63, 3.8) is 0 Å². The summed E-state index contributed by atoms with van der Waals surface area (Å²) < 4.78 is 4.18. The maximum Gasteiger partial charge on any atom is 0.194 e. The molecule has 0 amide bonds. The second-order valence-corrected chi connectivity index (χ2v) is 7.03. The first-order valence-corrected chi connectivity index (χ1v) is 8.92. The fraction of sp³-hybridized carbons (Fsp3) is 0.273. The van der Waals surface area contributed by atoms with Gasteiger partial charge in [0.05, 0.1) is 6.20 Å². The van der Waals surface area contributed by atoms with Crippen LogP contribution >= 0.6 is 0 Å². The molecule has 2 aromatic heterocycles. The molecule has 0 saturated heterocycles. The minimum Gasteiger partial charge on any atom is -0.355 e. The van der Waals surface area contributed by atoms with E-state index in [4.69, 9.17) is 0 Å². The van der Waals surface area contributed by atoms with E-state index in [1.54, 1.807) is 0 Å². The molecule has 4 aromatic rings. The molecule has 1 saturated carbocycles. The SMILES string of the molecule is [CH2-][n+]1ccn2c3ccc(C4CCCCC4)cc3c3ccc[c-]c3c21.[Ir]. The predicted octanol–water partition coefficient (Wildman–Crippen LogP) is 5.02. The van der Waals surface area contributed by atoms with Crippen LogP contribution in [0.5, 0.6) is 0 Å². The first kappa shape index (κ1) is 16.6. The number of rotatable bonds is 1. The van der Waals surface area contributed by atoms with Crippen molar-refractivity contribution in [3.05, 3.63) is 67.5 Å². The number of hydrogen-bond donors (Lipinski definition) is 0. The number of nitrogens with zero attached hydrogens (tertiary/aromatic N) is 2. The zero-order valence-electron chi connectivity index (χ0n) is 14.2. The van der Waals surface area contributed by atoms with Crippen molar-refractivity contribution < 1.29 is 24.7 Å². The first-order chi connectivity index (χ1) is 11.8. The summed E-state index contributed by atoms with van der Waals surface area (Å²) in [7, 11) is 4.13. The molecule has 0 spiro atoms. The number of aromatic nitrogens is 2. The summed E-state index contributed by atoms with van der Waals surface area (Å²) in [6.45, 7) is 0. The van der Waals surface area contributed by atoms with Crippen molar-refractivity contribution in [2.24, 2.45) is 0 Å². The van der Waals surface area contributed by atoms with Crippen molar-refractivity contribution in [2.45, 2.75) is 38.0 Å². The molecule has 25 heavy (non-hydrogen) atoms. The third kappa shape index (κ3) is 2.58. The summed E-state index contributed by atoms with van der Waals surface area (Å²) in [6.07, 6.45) is 10.9. The molecule has 0 bridgehead atoms. The van der Waals surface area contributed by atoms with E-state index in [2.05, 4.69) is 54.0 Å². The quantitative estimate of drug-likeness (QED) is 0.195. The van der Waals surface area contributed by atoms with Gasteiger partial charge in [-0.25, -0.2) is 4.40 Å². The van der Waals surface area contributed by atoms with Gasteiger partial charge in [-0.3, -0.25) is 0 Å². The molecule has 2 heterocycles. The van der Waals surface area contributed by atoms with Gasteiger partial charge in [0.15, 0.2) is 5.65 Å². The Bertz CT molecular complexity index is 1060. The summed E-state index contributed by atoms with van der Waals surface area (Å²) in [5, 5.41) is 3.74. The molecule has 2 aromatic carbocycles. The largest absolute Gasteiger partial charge is 0.355 e. The Balaban J connectivity index is 0.00000157. The summed E-state index contributed by atoms with van der Waals surface area (Å²) >= 11 is 0. The van der Waals surface area contributed by atoms with Gasteiger partial charge >= 0.3 is 0 Å². The molecule has 1 aliphatic carbocycles. The van der Waals surface area contributed by atoms with Crippen LogP contribution in [0, 0.1) is 13.1 Å². The molecule has 0 atom stereocenters. The fourth-order valence-corrected chi connectivity index (χ4v) is 4.40. The van der Waals surface area contributed by atoms with Crippen molar-refractivity contribution >= 4 is 27.3 Å². The molecule has 3 heteroatoms. The van der Waals surface area contributed by atoms with Gasteiger partial charge in [0.25, 0.3) is 0 Å². The van der Waals surface area contributed by atoms with E-state index in [0.29, 0.717) is 0 Å². The summed E-state index contributed by atoms with van der Waals surface area (Å²) in [4.78, 5) is 0. The molecule has 0 N–H and O–H groups in total. The molecular formula is C22H21IrN2-. The van der Waals surface area contributed by atoms with E-state index in [9.17, 15) is 0 Å². The summed E-state index contributed by atoms with van der Waals surface area (Å²) in [5.74, 6) is 0.726. The normalized spacial score (nSPS) is 15.7. The molecule has 1 radical (unpaired) electrons. The van der Waals surface area contributed by atoms with E-state index in [0.717, 1.165) is 17.0 Å². The smallest absolute Gasteiger partial charge is 0.194 e. The van der Waals surface area contributed by atoms with Crippen LogP contribution in [-0.4, -0.2) is 4.40 Å². The Hall–Kier alpha value is -1.83. The Labute approximate surface area is 161 Å². The minimum absolute atomic E-state index is 0. The average Bonchev–Trinajstić information content (AvgIpc) is 3.04. The predicted molar refractivity (Wildman–Crippen MR) is 98.0 cm³/mol. The topological polar surface area (TPSA) is 8.29 Å². The van der Waals surface area contributed by atoms with Crippen LogP contribution < -0.4 is 4.57 Å². The third-order valence-electron chi connectivity index (χ3n) is 5.62.